The van der Waals surface area contributed by atoms with Gasteiger partial charge in [0.05, 0.1) is 0 Å². The molecule has 2 N–H and O–H groups in total. The van der Waals surface area contributed by atoms with Crippen LogP contribution in [0.4, 0.5) is 0 Å². The van der Waals surface area contributed by atoms with Gasteiger partial charge in [0, 0.05) is 31.2 Å². The van der Waals surface area contributed by atoms with Gasteiger partial charge in [-0.1, -0.05) is 48.5 Å². The fourth-order valence-corrected chi connectivity index (χ4v) is 3.42. The van der Waals surface area contributed by atoms with E-state index in [1.165, 1.54) is 16.7 Å². The van der Waals surface area contributed by atoms with Gasteiger partial charge in [-0.15, -0.1) is 0 Å². The lowest BCUT2D eigenvalue weighted by Gasteiger charge is -2.21. The summed E-state index contributed by atoms with van der Waals surface area (Å²) in [4.78, 5) is 0. The summed E-state index contributed by atoms with van der Waals surface area (Å²) in [5.74, 6) is 1.05. The Morgan fingerprint density at radius 1 is 1.12 bits per heavy atom. The molecule has 3 rings (SSSR count). The number of benzene rings is 2. The van der Waals surface area contributed by atoms with Gasteiger partial charge in [-0.3, -0.25) is 0 Å². The first-order valence-electron chi connectivity index (χ1n) is 8.78. The first-order chi connectivity index (χ1) is 11.6. The molecule has 1 heterocycles. The molecule has 3 heteroatoms. The highest BCUT2D eigenvalue weighted by Gasteiger charge is 2.31. The van der Waals surface area contributed by atoms with E-state index in [4.69, 9.17) is 4.74 Å². The summed E-state index contributed by atoms with van der Waals surface area (Å²) in [6.45, 7) is 5.27. The third-order valence-corrected chi connectivity index (χ3v) is 4.56. The fraction of sp³-hybridized carbons (Fsp3) is 0.429. The van der Waals surface area contributed by atoms with Gasteiger partial charge < -0.3 is 15.2 Å². The molecule has 2 aromatic rings. The van der Waals surface area contributed by atoms with E-state index in [0.717, 1.165) is 31.6 Å². The van der Waals surface area contributed by atoms with Gasteiger partial charge in [0.15, 0.2) is 0 Å². The van der Waals surface area contributed by atoms with Crippen LogP contribution in [-0.4, -0.2) is 17.3 Å². The third kappa shape index (κ3) is 3.97. The monoisotopic (exact) mass is 325 g/mol. The largest absolute Gasteiger partial charge is 0.487 e. The number of rotatable bonds is 7. The number of hydrogen-bond acceptors (Lipinski definition) is 3. The van der Waals surface area contributed by atoms with Crippen molar-refractivity contribution in [2.45, 2.75) is 51.3 Å². The van der Waals surface area contributed by atoms with Crippen LogP contribution in [0.1, 0.15) is 49.4 Å². The molecule has 0 radical (unpaired) electrons. The average Bonchev–Trinajstić information content (AvgIpc) is 2.90. The summed E-state index contributed by atoms with van der Waals surface area (Å²) in [7, 11) is 0. The Morgan fingerprint density at radius 2 is 1.92 bits per heavy atom. The molecule has 2 aromatic carbocycles. The first-order valence-corrected chi connectivity index (χ1v) is 8.78. The minimum absolute atomic E-state index is 0.117. The molecule has 0 saturated heterocycles. The minimum atomic E-state index is -0.117. The average molecular weight is 325 g/mol. The molecule has 3 nitrogen and oxygen atoms in total. The Morgan fingerprint density at radius 3 is 2.67 bits per heavy atom. The topological polar surface area (TPSA) is 41.5 Å². The van der Waals surface area contributed by atoms with Crippen LogP contribution in [0.5, 0.6) is 5.75 Å². The molecule has 24 heavy (non-hydrogen) atoms. The normalized spacial score (nSPS) is 16.5. The number of ether oxygens (including phenoxy) is 1. The number of hydrogen-bond donors (Lipinski definition) is 2. The molecule has 1 atom stereocenters. The summed E-state index contributed by atoms with van der Waals surface area (Å²) >= 11 is 0. The molecule has 0 bridgehead atoms. The smallest absolute Gasteiger partial charge is 0.127 e. The van der Waals surface area contributed by atoms with Crippen LogP contribution in [0.2, 0.25) is 0 Å². The minimum Gasteiger partial charge on any atom is -0.487 e. The Hall–Kier alpha value is -1.84. The van der Waals surface area contributed by atoms with Crippen LogP contribution in [0.3, 0.4) is 0 Å². The van der Waals surface area contributed by atoms with Crippen molar-refractivity contribution in [3.05, 3.63) is 65.2 Å². The van der Waals surface area contributed by atoms with Crippen molar-refractivity contribution in [1.82, 2.24) is 5.32 Å². The van der Waals surface area contributed by atoms with Crippen molar-refractivity contribution >= 4 is 0 Å². The van der Waals surface area contributed by atoms with Gasteiger partial charge in [-0.05, 0) is 37.8 Å². The standard InChI is InChI=1S/C21H27NO2/c1-21(2)14-17-10-6-11-18(20(17)24-21)15-22-19(12-7-13-23)16-8-4-3-5-9-16/h3-6,8-11,19,22-23H,7,12-15H2,1-2H3. The second kappa shape index (κ2) is 7.37. The molecule has 0 amide bonds. The number of nitrogens with one attached hydrogen (secondary N) is 1. The lowest BCUT2D eigenvalue weighted by Crippen LogP contribution is -2.25. The molecular weight excluding hydrogens is 298 g/mol. The Labute approximate surface area is 144 Å². The number of aliphatic hydroxyl groups is 1. The lowest BCUT2D eigenvalue weighted by molar-refractivity contribution is 0.137. The molecule has 0 spiro atoms. The zero-order valence-electron chi connectivity index (χ0n) is 14.6. The van der Waals surface area contributed by atoms with Gasteiger partial charge in [0.1, 0.15) is 11.4 Å². The van der Waals surface area contributed by atoms with Crippen LogP contribution in [0, 0.1) is 0 Å². The maximum absolute atomic E-state index is 9.18. The van der Waals surface area contributed by atoms with E-state index in [9.17, 15) is 5.11 Å². The summed E-state index contributed by atoms with van der Waals surface area (Å²) in [6.07, 6.45) is 2.67. The molecule has 0 fully saturated rings. The van der Waals surface area contributed by atoms with Crippen LogP contribution < -0.4 is 10.1 Å². The number of fused-ring (bicyclic) bond motifs is 1. The lowest BCUT2D eigenvalue weighted by atomic mass is 9.99. The van der Waals surface area contributed by atoms with Crippen LogP contribution in [0.15, 0.2) is 48.5 Å². The maximum Gasteiger partial charge on any atom is 0.127 e. The molecule has 1 aliphatic rings. The van der Waals surface area contributed by atoms with Crippen LogP contribution in [0.25, 0.3) is 0 Å². The third-order valence-electron chi connectivity index (χ3n) is 4.56. The van der Waals surface area contributed by atoms with E-state index < -0.39 is 0 Å². The van der Waals surface area contributed by atoms with Gasteiger partial charge in [-0.25, -0.2) is 0 Å². The van der Waals surface area contributed by atoms with Crippen molar-refractivity contribution in [2.24, 2.45) is 0 Å². The van der Waals surface area contributed by atoms with E-state index in [2.05, 4.69) is 61.6 Å². The van der Waals surface area contributed by atoms with Crippen LogP contribution in [-0.2, 0) is 13.0 Å². The summed E-state index contributed by atoms with van der Waals surface area (Å²) < 4.78 is 6.16. The maximum atomic E-state index is 9.18. The van der Waals surface area contributed by atoms with E-state index in [-0.39, 0.29) is 18.2 Å². The Bertz CT molecular complexity index is 667. The molecule has 0 aromatic heterocycles. The predicted molar refractivity (Wildman–Crippen MR) is 97.2 cm³/mol. The molecule has 128 valence electrons. The van der Waals surface area contributed by atoms with Crippen LogP contribution >= 0.6 is 0 Å². The fourth-order valence-electron chi connectivity index (χ4n) is 3.42. The second-order valence-corrected chi connectivity index (χ2v) is 7.15. The van der Waals surface area contributed by atoms with Gasteiger partial charge >= 0.3 is 0 Å². The van der Waals surface area contributed by atoms with Gasteiger partial charge in [0.25, 0.3) is 0 Å². The van der Waals surface area contributed by atoms with Gasteiger partial charge in [-0.2, -0.15) is 0 Å². The molecule has 0 saturated carbocycles. The summed E-state index contributed by atoms with van der Waals surface area (Å²) in [5.41, 5.74) is 3.66. The van der Waals surface area contributed by atoms with Crippen molar-refractivity contribution in [3.8, 4) is 5.75 Å². The van der Waals surface area contributed by atoms with Crippen molar-refractivity contribution in [3.63, 3.8) is 0 Å². The van der Waals surface area contributed by atoms with E-state index in [1.54, 1.807) is 0 Å². The quantitative estimate of drug-likeness (QED) is 0.808. The molecule has 1 unspecified atom stereocenters. The SMILES string of the molecule is CC1(C)Cc2cccc(CNC(CCCO)c3ccccc3)c2O1. The summed E-state index contributed by atoms with van der Waals surface area (Å²) in [5, 5.41) is 12.8. The highest BCUT2D eigenvalue weighted by atomic mass is 16.5. The number of aliphatic hydroxyl groups excluding tert-OH is 1. The Balaban J connectivity index is 1.73. The highest BCUT2D eigenvalue weighted by Crippen LogP contribution is 2.37. The zero-order chi connectivity index (χ0) is 17.0. The Kier molecular flexibility index (Phi) is 5.22. The van der Waals surface area contributed by atoms with Crippen molar-refractivity contribution in [1.29, 1.82) is 0 Å². The highest BCUT2D eigenvalue weighted by molar-refractivity contribution is 5.45. The van der Waals surface area contributed by atoms with E-state index in [1.807, 2.05) is 6.07 Å². The number of para-hydroxylation sites is 1. The molecule has 1 aliphatic heterocycles. The molecule has 0 aliphatic carbocycles. The first kappa shape index (κ1) is 17.0. The predicted octanol–water partition coefficient (Wildman–Crippen LogP) is 4.00. The van der Waals surface area contributed by atoms with Crippen molar-refractivity contribution in [2.75, 3.05) is 6.61 Å². The zero-order valence-corrected chi connectivity index (χ0v) is 14.6. The van der Waals surface area contributed by atoms with Gasteiger partial charge in [0.2, 0.25) is 0 Å². The van der Waals surface area contributed by atoms with Crippen molar-refractivity contribution < 1.29 is 9.84 Å². The molecular formula is C21H27NO2. The second-order valence-electron chi connectivity index (χ2n) is 7.15. The summed E-state index contributed by atoms with van der Waals surface area (Å²) in [6, 6.07) is 17.1. The van der Waals surface area contributed by atoms with E-state index in [0.29, 0.717) is 0 Å². The van der Waals surface area contributed by atoms with E-state index >= 15 is 0 Å².